The molecule has 0 spiro atoms. The van der Waals surface area contributed by atoms with Crippen LogP contribution in [-0.4, -0.2) is 52.7 Å². The van der Waals surface area contributed by atoms with Gasteiger partial charge in [0.25, 0.3) is 11.9 Å². The van der Waals surface area contributed by atoms with E-state index in [0.717, 1.165) is 25.3 Å². The Labute approximate surface area is 172 Å². The van der Waals surface area contributed by atoms with E-state index in [-0.39, 0.29) is 29.8 Å². The van der Waals surface area contributed by atoms with Crippen molar-refractivity contribution in [2.45, 2.75) is 18.4 Å². The zero-order chi connectivity index (χ0) is 22.8. The molecule has 0 saturated carbocycles. The van der Waals surface area contributed by atoms with Gasteiger partial charge < -0.3 is 26.3 Å². The first-order valence-electron chi connectivity index (χ1n) is 8.73. The molecular weight excluding hydrogens is 426 g/mol. The monoisotopic (exact) mass is 443 g/mol. The molecule has 0 aliphatic carbocycles. The van der Waals surface area contributed by atoms with Crippen LogP contribution in [0.5, 0.6) is 5.88 Å². The number of nitrogens with one attached hydrogen (secondary N) is 1. The SMILES string of the molecule is C[C@]1(c2nc(NC(=O)c3ncc(OCCF)nc3N)ccc2F)N=C(N)OCC1(F)F. The van der Waals surface area contributed by atoms with E-state index in [0.29, 0.717) is 0 Å². The number of hydrogen-bond acceptors (Lipinski definition) is 9. The van der Waals surface area contributed by atoms with Crippen molar-refractivity contribution in [3.63, 3.8) is 0 Å². The third kappa shape index (κ3) is 4.27. The normalized spacial score (nSPS) is 19.8. The molecule has 10 nitrogen and oxygen atoms in total. The van der Waals surface area contributed by atoms with E-state index in [4.69, 9.17) is 16.2 Å². The van der Waals surface area contributed by atoms with Crippen molar-refractivity contribution >= 4 is 23.6 Å². The van der Waals surface area contributed by atoms with Gasteiger partial charge in [0.2, 0.25) is 5.88 Å². The number of carbonyl (C=O) groups is 1. The number of nitrogens with two attached hydrogens (primary N) is 2. The Morgan fingerprint density at radius 3 is 2.74 bits per heavy atom. The molecule has 3 heterocycles. The summed E-state index contributed by atoms with van der Waals surface area (Å²) in [5, 5.41) is 2.27. The quantitative estimate of drug-likeness (QED) is 0.567. The number of hydrogen-bond donors (Lipinski definition) is 3. The minimum absolute atomic E-state index is 0.0981. The van der Waals surface area contributed by atoms with Gasteiger partial charge in [-0.25, -0.2) is 23.7 Å². The molecule has 1 aliphatic rings. The summed E-state index contributed by atoms with van der Waals surface area (Å²) in [5.41, 5.74) is 7.47. The van der Waals surface area contributed by atoms with Crippen LogP contribution in [0.2, 0.25) is 0 Å². The summed E-state index contributed by atoms with van der Waals surface area (Å²) in [5.74, 6) is -6.35. The Morgan fingerprint density at radius 2 is 2.06 bits per heavy atom. The number of ether oxygens (including phenoxy) is 2. The number of rotatable bonds is 6. The van der Waals surface area contributed by atoms with E-state index in [1.807, 2.05) is 0 Å². The molecule has 14 heteroatoms. The van der Waals surface area contributed by atoms with Crippen molar-refractivity contribution in [1.29, 1.82) is 0 Å². The lowest BCUT2D eigenvalue weighted by Crippen LogP contribution is -2.51. The van der Waals surface area contributed by atoms with Crippen molar-refractivity contribution in [2.75, 3.05) is 30.9 Å². The molecule has 2 aromatic heterocycles. The number of alkyl halides is 3. The van der Waals surface area contributed by atoms with Gasteiger partial charge in [0.15, 0.2) is 23.7 Å². The largest absolute Gasteiger partial charge is 0.474 e. The number of aromatic nitrogens is 3. The molecule has 166 valence electrons. The second kappa shape index (κ2) is 8.20. The Kier molecular flexibility index (Phi) is 5.81. The number of anilines is 2. The Hall–Kier alpha value is -3.71. The number of pyridine rings is 1. The van der Waals surface area contributed by atoms with Crippen LogP contribution in [0.15, 0.2) is 23.3 Å². The fraction of sp³-hybridized carbons (Fsp3) is 0.353. The topological polar surface area (TPSA) is 151 Å². The van der Waals surface area contributed by atoms with E-state index < -0.39 is 48.2 Å². The fourth-order valence-electron chi connectivity index (χ4n) is 2.67. The Bertz CT molecular complexity index is 1040. The van der Waals surface area contributed by atoms with Gasteiger partial charge in [0.05, 0.1) is 6.20 Å². The summed E-state index contributed by atoms with van der Waals surface area (Å²) in [6.45, 7) is -1.22. The molecule has 5 N–H and O–H groups in total. The van der Waals surface area contributed by atoms with Crippen LogP contribution in [0.1, 0.15) is 23.1 Å². The maximum atomic E-state index is 14.5. The number of amides is 1. The van der Waals surface area contributed by atoms with E-state index in [1.54, 1.807) is 0 Å². The van der Waals surface area contributed by atoms with Gasteiger partial charge in [-0.05, 0) is 19.1 Å². The lowest BCUT2D eigenvalue weighted by molar-refractivity contribution is -0.118. The van der Waals surface area contributed by atoms with Crippen molar-refractivity contribution in [1.82, 2.24) is 15.0 Å². The standard InChI is InChI=1S/C17H17F4N7O3/c1-16(17(20,21)7-31-15(23)28-16)12-8(19)2-3-9(25-12)26-14(29)11-13(22)27-10(6-24-11)30-5-4-18/h2-3,6H,4-5,7H2,1H3,(H2,22,27)(H2,23,28)(H,25,26,29)/t16-/m1/s1. The van der Waals surface area contributed by atoms with E-state index >= 15 is 0 Å². The van der Waals surface area contributed by atoms with Crippen LogP contribution in [0.25, 0.3) is 0 Å². The van der Waals surface area contributed by atoms with Crippen LogP contribution in [-0.2, 0) is 10.3 Å². The summed E-state index contributed by atoms with van der Waals surface area (Å²) in [6.07, 6.45) is 1.05. The van der Waals surface area contributed by atoms with Gasteiger partial charge >= 0.3 is 5.92 Å². The third-order valence-corrected chi connectivity index (χ3v) is 4.32. The van der Waals surface area contributed by atoms with E-state index in [2.05, 4.69) is 30.0 Å². The molecule has 0 unspecified atom stereocenters. The number of nitrogen functional groups attached to an aromatic ring is 1. The van der Waals surface area contributed by atoms with Gasteiger partial charge in [0.1, 0.15) is 30.6 Å². The van der Waals surface area contributed by atoms with Crippen LogP contribution in [0.3, 0.4) is 0 Å². The smallest absolute Gasteiger partial charge is 0.311 e. The molecule has 2 aromatic rings. The minimum Gasteiger partial charge on any atom is -0.474 e. The highest BCUT2D eigenvalue weighted by Gasteiger charge is 2.57. The highest BCUT2D eigenvalue weighted by Crippen LogP contribution is 2.43. The fourth-order valence-corrected chi connectivity index (χ4v) is 2.67. The minimum atomic E-state index is -3.64. The summed E-state index contributed by atoms with van der Waals surface area (Å²) in [7, 11) is 0. The number of halogens is 4. The number of carbonyl (C=O) groups excluding carboxylic acids is 1. The summed E-state index contributed by atoms with van der Waals surface area (Å²) < 4.78 is 65.0. The van der Waals surface area contributed by atoms with Gasteiger partial charge in [0, 0.05) is 0 Å². The molecule has 0 radical (unpaired) electrons. The highest BCUT2D eigenvalue weighted by molar-refractivity contribution is 6.05. The summed E-state index contributed by atoms with van der Waals surface area (Å²) in [6, 6.07) is 1.33. The first-order valence-corrected chi connectivity index (χ1v) is 8.73. The predicted molar refractivity (Wildman–Crippen MR) is 99.9 cm³/mol. The first kappa shape index (κ1) is 22.0. The lowest BCUT2D eigenvalue weighted by atomic mass is 9.89. The second-order valence-electron chi connectivity index (χ2n) is 6.48. The summed E-state index contributed by atoms with van der Waals surface area (Å²) in [4.78, 5) is 27.3. The lowest BCUT2D eigenvalue weighted by Gasteiger charge is -2.36. The Balaban J connectivity index is 1.89. The zero-order valence-corrected chi connectivity index (χ0v) is 16.0. The second-order valence-corrected chi connectivity index (χ2v) is 6.48. The molecule has 1 amide bonds. The molecular formula is C17H17F4N7O3. The number of nitrogens with zero attached hydrogens (tertiary/aromatic N) is 4. The molecule has 1 atom stereocenters. The van der Waals surface area contributed by atoms with Crippen LogP contribution in [0, 0.1) is 5.82 Å². The van der Waals surface area contributed by atoms with Crippen LogP contribution >= 0.6 is 0 Å². The highest BCUT2D eigenvalue weighted by atomic mass is 19.3. The van der Waals surface area contributed by atoms with Gasteiger partial charge in [-0.2, -0.15) is 13.8 Å². The molecule has 0 aromatic carbocycles. The van der Waals surface area contributed by atoms with Gasteiger partial charge in [-0.15, -0.1) is 0 Å². The summed E-state index contributed by atoms with van der Waals surface area (Å²) >= 11 is 0. The molecule has 3 rings (SSSR count). The van der Waals surface area contributed by atoms with E-state index in [1.165, 1.54) is 0 Å². The molecule has 1 aliphatic heterocycles. The zero-order valence-electron chi connectivity index (χ0n) is 16.0. The maximum Gasteiger partial charge on any atom is 0.311 e. The molecule has 31 heavy (non-hydrogen) atoms. The van der Waals surface area contributed by atoms with Crippen molar-refractivity contribution < 1.29 is 31.8 Å². The van der Waals surface area contributed by atoms with Gasteiger partial charge in [-0.1, -0.05) is 0 Å². The van der Waals surface area contributed by atoms with Crippen molar-refractivity contribution in [3.8, 4) is 5.88 Å². The third-order valence-electron chi connectivity index (χ3n) is 4.32. The molecule has 0 fully saturated rings. The van der Waals surface area contributed by atoms with Crippen molar-refractivity contribution in [3.05, 3.63) is 35.5 Å². The maximum absolute atomic E-state index is 14.5. The number of aliphatic imine (C=N–C) groups is 1. The number of amidine groups is 1. The Morgan fingerprint density at radius 1 is 1.32 bits per heavy atom. The van der Waals surface area contributed by atoms with Crippen molar-refractivity contribution in [2.24, 2.45) is 10.7 Å². The predicted octanol–water partition coefficient (Wildman–Crippen LogP) is 1.39. The van der Waals surface area contributed by atoms with Crippen LogP contribution in [0.4, 0.5) is 29.2 Å². The first-order chi connectivity index (χ1) is 14.6. The molecule has 0 bridgehead atoms. The average Bonchev–Trinajstić information content (AvgIpc) is 2.71. The van der Waals surface area contributed by atoms with Crippen LogP contribution < -0.4 is 21.5 Å². The average molecular weight is 443 g/mol. The molecule has 0 saturated heterocycles. The van der Waals surface area contributed by atoms with E-state index in [9.17, 15) is 22.4 Å². The van der Waals surface area contributed by atoms with Gasteiger partial charge in [-0.3, -0.25) is 4.79 Å².